The smallest absolute Gasteiger partial charge is 0.196 e. The van der Waals surface area contributed by atoms with Crippen molar-refractivity contribution in [3.8, 4) is 11.4 Å². The number of hydrogen-bond donors (Lipinski definition) is 1. The fourth-order valence-electron chi connectivity index (χ4n) is 2.58. The molecule has 24 heavy (non-hydrogen) atoms. The Morgan fingerprint density at radius 3 is 2.42 bits per heavy atom. The Balaban J connectivity index is 2.10. The van der Waals surface area contributed by atoms with Crippen LogP contribution in [-0.4, -0.2) is 25.6 Å². The van der Waals surface area contributed by atoms with Gasteiger partial charge in [0.2, 0.25) is 0 Å². The molecule has 0 aliphatic rings. The molecule has 0 aliphatic heterocycles. The van der Waals surface area contributed by atoms with Gasteiger partial charge >= 0.3 is 0 Å². The third kappa shape index (κ3) is 3.66. The van der Waals surface area contributed by atoms with Crippen LogP contribution in [0.3, 0.4) is 0 Å². The number of nitrogens with one attached hydrogen (secondary N) is 1. The minimum Gasteiger partial charge on any atom is -0.292 e. The van der Waals surface area contributed by atoms with E-state index in [1.807, 2.05) is 53.1 Å². The number of carbonyl (C=O) groups excluding carboxylic acids is 1. The van der Waals surface area contributed by atoms with E-state index in [0.717, 1.165) is 17.0 Å². The highest BCUT2D eigenvalue weighted by atomic mass is 32.2. The van der Waals surface area contributed by atoms with Crippen molar-refractivity contribution in [3.05, 3.63) is 71.0 Å². The van der Waals surface area contributed by atoms with Crippen LogP contribution in [0.4, 0.5) is 0 Å². The maximum absolute atomic E-state index is 11.5. The van der Waals surface area contributed by atoms with Gasteiger partial charge < -0.3 is 0 Å². The molecule has 4 nitrogen and oxygen atoms in total. The average molecular weight is 355 g/mol. The van der Waals surface area contributed by atoms with Crippen LogP contribution in [0.2, 0.25) is 0 Å². The Labute approximate surface area is 149 Å². The number of carbonyl (C=O) groups is 1. The SMILES string of the molecule is CC(=O)SCC(c1ccccc1)n1c(-c2ccccc2)n[nH]c1=S. The highest BCUT2D eigenvalue weighted by Crippen LogP contribution is 2.28. The van der Waals surface area contributed by atoms with Gasteiger partial charge in [-0.2, -0.15) is 5.10 Å². The molecule has 0 fully saturated rings. The molecule has 3 aromatic rings. The Morgan fingerprint density at radius 1 is 1.17 bits per heavy atom. The molecular formula is C18H17N3OS2. The summed E-state index contributed by atoms with van der Waals surface area (Å²) in [7, 11) is 0. The van der Waals surface area contributed by atoms with Gasteiger partial charge in [-0.15, -0.1) is 0 Å². The fraction of sp³-hybridized carbons (Fsp3) is 0.167. The lowest BCUT2D eigenvalue weighted by Gasteiger charge is -2.20. The van der Waals surface area contributed by atoms with Gasteiger partial charge in [0, 0.05) is 18.2 Å². The van der Waals surface area contributed by atoms with Gasteiger partial charge in [-0.1, -0.05) is 72.4 Å². The first-order chi connectivity index (χ1) is 11.7. The highest BCUT2D eigenvalue weighted by molar-refractivity contribution is 8.13. The summed E-state index contributed by atoms with van der Waals surface area (Å²) >= 11 is 6.78. The molecule has 0 saturated heterocycles. The molecule has 1 atom stereocenters. The maximum atomic E-state index is 11.5. The van der Waals surface area contributed by atoms with E-state index in [1.54, 1.807) is 6.92 Å². The Hall–Kier alpha value is -2.18. The van der Waals surface area contributed by atoms with E-state index in [2.05, 4.69) is 22.3 Å². The minimum absolute atomic E-state index is 0.0680. The topological polar surface area (TPSA) is 50.7 Å². The summed E-state index contributed by atoms with van der Waals surface area (Å²) in [6, 6.07) is 19.9. The molecule has 0 bridgehead atoms. The van der Waals surface area contributed by atoms with Crippen LogP contribution in [0.15, 0.2) is 60.7 Å². The normalized spacial score (nSPS) is 12.0. The fourth-order valence-corrected chi connectivity index (χ4v) is 3.57. The molecule has 6 heteroatoms. The molecule has 1 aromatic heterocycles. The molecule has 0 amide bonds. The first-order valence-electron chi connectivity index (χ1n) is 7.57. The number of rotatable bonds is 5. The molecular weight excluding hydrogens is 338 g/mol. The van der Waals surface area contributed by atoms with Crippen molar-refractivity contribution >= 4 is 29.1 Å². The van der Waals surface area contributed by atoms with Gasteiger partial charge in [-0.25, -0.2) is 0 Å². The van der Waals surface area contributed by atoms with E-state index in [-0.39, 0.29) is 11.2 Å². The minimum atomic E-state index is -0.0680. The molecule has 1 N–H and O–H groups in total. The number of nitrogens with zero attached hydrogens (tertiary/aromatic N) is 2. The van der Waals surface area contributed by atoms with Crippen molar-refractivity contribution in [2.75, 3.05) is 5.75 Å². The standard InChI is InChI=1S/C18H17N3OS2/c1-13(22)24-12-16(14-8-4-2-5-9-14)21-17(19-20-18(21)23)15-10-6-3-7-11-15/h2-11,16H,12H2,1H3,(H,20,23). The lowest BCUT2D eigenvalue weighted by Crippen LogP contribution is -2.15. The second kappa shape index (κ2) is 7.59. The van der Waals surface area contributed by atoms with Crippen molar-refractivity contribution < 1.29 is 4.79 Å². The maximum Gasteiger partial charge on any atom is 0.196 e. The molecule has 3 rings (SSSR count). The summed E-state index contributed by atoms with van der Waals surface area (Å²) in [5.74, 6) is 1.38. The molecule has 122 valence electrons. The molecule has 0 radical (unpaired) electrons. The van der Waals surface area contributed by atoms with Crippen LogP contribution in [0.25, 0.3) is 11.4 Å². The van der Waals surface area contributed by atoms with E-state index in [1.165, 1.54) is 11.8 Å². The quantitative estimate of drug-likeness (QED) is 0.686. The van der Waals surface area contributed by atoms with Crippen LogP contribution < -0.4 is 0 Å². The number of aromatic amines is 1. The van der Waals surface area contributed by atoms with Crippen molar-refractivity contribution in [1.82, 2.24) is 14.8 Å². The summed E-state index contributed by atoms with van der Waals surface area (Å²) in [5, 5.41) is 7.40. The van der Waals surface area contributed by atoms with E-state index in [0.29, 0.717) is 10.5 Å². The number of hydrogen-bond acceptors (Lipinski definition) is 4. The number of H-pyrrole nitrogens is 1. The van der Waals surface area contributed by atoms with Crippen LogP contribution >= 0.6 is 24.0 Å². The van der Waals surface area contributed by atoms with E-state index in [9.17, 15) is 4.79 Å². The van der Waals surface area contributed by atoms with E-state index in [4.69, 9.17) is 12.2 Å². The number of benzene rings is 2. The third-order valence-electron chi connectivity index (χ3n) is 3.68. The molecule has 1 heterocycles. The van der Waals surface area contributed by atoms with Crippen molar-refractivity contribution in [2.24, 2.45) is 0 Å². The number of thioether (sulfide) groups is 1. The van der Waals surface area contributed by atoms with Crippen LogP contribution in [0, 0.1) is 4.77 Å². The molecule has 0 aliphatic carbocycles. The zero-order valence-electron chi connectivity index (χ0n) is 13.2. The first-order valence-corrected chi connectivity index (χ1v) is 8.97. The Morgan fingerprint density at radius 2 is 1.79 bits per heavy atom. The monoisotopic (exact) mass is 355 g/mol. The molecule has 1 unspecified atom stereocenters. The van der Waals surface area contributed by atoms with Gasteiger partial charge in [0.25, 0.3) is 0 Å². The van der Waals surface area contributed by atoms with Gasteiger partial charge in [-0.3, -0.25) is 14.5 Å². The summed E-state index contributed by atoms with van der Waals surface area (Å²) in [4.78, 5) is 11.5. The molecule has 0 saturated carbocycles. The second-order valence-electron chi connectivity index (χ2n) is 5.32. The number of aromatic nitrogens is 3. The Kier molecular flexibility index (Phi) is 5.27. The lowest BCUT2D eigenvalue weighted by atomic mass is 10.1. The van der Waals surface area contributed by atoms with Crippen LogP contribution in [0.5, 0.6) is 0 Å². The summed E-state index contributed by atoms with van der Waals surface area (Å²) in [6.45, 7) is 1.58. The van der Waals surface area contributed by atoms with Crippen LogP contribution in [0.1, 0.15) is 18.5 Å². The summed E-state index contributed by atoms with van der Waals surface area (Å²) < 4.78 is 2.54. The van der Waals surface area contributed by atoms with Crippen molar-refractivity contribution in [2.45, 2.75) is 13.0 Å². The predicted octanol–water partition coefficient (Wildman–Crippen LogP) is 4.48. The Bertz CT molecular complexity index is 872. The predicted molar refractivity (Wildman–Crippen MR) is 101 cm³/mol. The average Bonchev–Trinajstić information content (AvgIpc) is 2.98. The molecule has 0 spiro atoms. The third-order valence-corrected chi connectivity index (χ3v) is 4.85. The van der Waals surface area contributed by atoms with E-state index >= 15 is 0 Å². The zero-order valence-corrected chi connectivity index (χ0v) is 14.8. The second-order valence-corrected chi connectivity index (χ2v) is 6.90. The first kappa shape index (κ1) is 16.7. The highest BCUT2D eigenvalue weighted by Gasteiger charge is 2.20. The summed E-state index contributed by atoms with van der Waals surface area (Å²) in [6.07, 6.45) is 0. The van der Waals surface area contributed by atoms with Crippen molar-refractivity contribution in [3.63, 3.8) is 0 Å². The van der Waals surface area contributed by atoms with E-state index < -0.39 is 0 Å². The van der Waals surface area contributed by atoms with Gasteiger partial charge in [0.1, 0.15) is 0 Å². The van der Waals surface area contributed by atoms with Gasteiger partial charge in [0.15, 0.2) is 15.7 Å². The van der Waals surface area contributed by atoms with Crippen LogP contribution in [-0.2, 0) is 4.79 Å². The zero-order chi connectivity index (χ0) is 16.9. The van der Waals surface area contributed by atoms with Crippen molar-refractivity contribution in [1.29, 1.82) is 0 Å². The lowest BCUT2D eigenvalue weighted by molar-refractivity contribution is -0.109. The van der Waals surface area contributed by atoms with Gasteiger partial charge in [-0.05, 0) is 17.8 Å². The van der Waals surface area contributed by atoms with Gasteiger partial charge in [0.05, 0.1) is 6.04 Å². The largest absolute Gasteiger partial charge is 0.292 e. The summed E-state index contributed by atoms with van der Waals surface area (Å²) in [5.41, 5.74) is 2.08. The molecule has 2 aromatic carbocycles.